The molecule has 3 N–H and O–H groups in total. The SMILES string of the molecule is CS(=O)(=O)NCc1cc(F)cc(-c2cccc3[nH]c(-c4n[nH]c5ccc(-c6cncc(OCc7ccccc7)c6)nc45)nc23)c1. The number of imidazole rings is 1. The third-order valence-corrected chi connectivity index (χ3v) is 7.88. The van der Waals surface area contributed by atoms with E-state index in [4.69, 9.17) is 14.7 Å². The van der Waals surface area contributed by atoms with Gasteiger partial charge in [-0.1, -0.05) is 42.5 Å². The zero-order chi connectivity index (χ0) is 31.0. The van der Waals surface area contributed by atoms with Crippen molar-refractivity contribution in [2.75, 3.05) is 6.26 Å². The molecule has 0 radical (unpaired) electrons. The van der Waals surface area contributed by atoms with E-state index in [0.717, 1.165) is 28.4 Å². The maximum absolute atomic E-state index is 14.6. The molecule has 0 aliphatic carbocycles. The fourth-order valence-electron chi connectivity index (χ4n) is 5.10. The minimum Gasteiger partial charge on any atom is -0.487 e. The van der Waals surface area contributed by atoms with E-state index in [0.29, 0.717) is 57.3 Å². The number of fused-ring (bicyclic) bond motifs is 2. The number of aromatic nitrogens is 6. The number of para-hydroxylation sites is 1. The highest BCUT2D eigenvalue weighted by atomic mass is 32.2. The van der Waals surface area contributed by atoms with Gasteiger partial charge in [0, 0.05) is 23.9 Å². The third-order valence-electron chi connectivity index (χ3n) is 7.21. The number of nitrogens with zero attached hydrogens (tertiary/aromatic N) is 4. The van der Waals surface area contributed by atoms with Crippen LogP contribution in [0.25, 0.3) is 56.0 Å². The number of hydrogen-bond acceptors (Lipinski definition) is 7. The second kappa shape index (κ2) is 11.6. The van der Waals surface area contributed by atoms with Crippen LogP contribution in [0, 0.1) is 5.82 Å². The maximum atomic E-state index is 14.6. The number of halogens is 1. The molecule has 0 fully saturated rings. The molecule has 224 valence electrons. The largest absolute Gasteiger partial charge is 0.487 e. The van der Waals surface area contributed by atoms with Crippen LogP contribution >= 0.6 is 0 Å². The summed E-state index contributed by atoms with van der Waals surface area (Å²) in [5.74, 6) is 0.634. The molecule has 4 heterocycles. The Morgan fingerprint density at radius 1 is 0.844 bits per heavy atom. The third kappa shape index (κ3) is 6.14. The molecule has 0 amide bonds. The van der Waals surface area contributed by atoms with Gasteiger partial charge in [0.1, 0.15) is 23.7 Å². The van der Waals surface area contributed by atoms with Crippen LogP contribution in [0.3, 0.4) is 0 Å². The molecular weight excluding hydrogens is 593 g/mol. The van der Waals surface area contributed by atoms with Crippen molar-refractivity contribution in [2.24, 2.45) is 0 Å². The number of hydrogen-bond donors (Lipinski definition) is 3. The molecule has 3 aromatic carbocycles. The Morgan fingerprint density at radius 2 is 1.71 bits per heavy atom. The average molecular weight is 620 g/mol. The molecule has 7 rings (SSSR count). The van der Waals surface area contributed by atoms with E-state index in [9.17, 15) is 12.8 Å². The molecule has 0 aliphatic heterocycles. The van der Waals surface area contributed by atoms with Crippen molar-refractivity contribution >= 4 is 32.1 Å². The lowest BCUT2D eigenvalue weighted by atomic mass is 10.0. The van der Waals surface area contributed by atoms with Gasteiger partial charge in [-0.05, 0) is 59.2 Å². The number of ether oxygens (including phenoxy) is 1. The number of rotatable bonds is 9. The first-order valence-corrected chi connectivity index (χ1v) is 15.9. The van der Waals surface area contributed by atoms with Crippen LogP contribution < -0.4 is 9.46 Å². The first-order chi connectivity index (χ1) is 21.8. The molecule has 12 heteroatoms. The smallest absolute Gasteiger partial charge is 0.209 e. The molecule has 0 saturated carbocycles. The first kappa shape index (κ1) is 28.3. The van der Waals surface area contributed by atoms with E-state index in [1.807, 2.05) is 66.7 Å². The Hall–Kier alpha value is -5.46. The Bertz CT molecular complexity index is 2290. The number of benzene rings is 3. The van der Waals surface area contributed by atoms with E-state index in [-0.39, 0.29) is 6.54 Å². The van der Waals surface area contributed by atoms with Crippen LogP contribution in [-0.2, 0) is 23.2 Å². The zero-order valence-corrected chi connectivity index (χ0v) is 24.8. The summed E-state index contributed by atoms with van der Waals surface area (Å²) in [5.41, 5.74) is 7.47. The molecule has 4 aromatic heterocycles. The molecular formula is C33H26FN7O3S. The van der Waals surface area contributed by atoms with Crippen molar-refractivity contribution in [1.82, 2.24) is 34.9 Å². The normalized spacial score (nSPS) is 11.8. The minimum absolute atomic E-state index is 0.0315. The number of sulfonamides is 1. The maximum Gasteiger partial charge on any atom is 0.209 e. The van der Waals surface area contributed by atoms with Crippen molar-refractivity contribution in [2.45, 2.75) is 13.2 Å². The van der Waals surface area contributed by atoms with Gasteiger partial charge in [0.15, 0.2) is 11.5 Å². The van der Waals surface area contributed by atoms with Crippen LogP contribution in [0.2, 0.25) is 0 Å². The topological polar surface area (TPSA) is 139 Å². The van der Waals surface area contributed by atoms with Crippen LogP contribution in [-0.4, -0.2) is 44.8 Å². The van der Waals surface area contributed by atoms with Gasteiger partial charge < -0.3 is 9.72 Å². The van der Waals surface area contributed by atoms with E-state index >= 15 is 0 Å². The van der Waals surface area contributed by atoms with Crippen molar-refractivity contribution in [3.8, 4) is 39.7 Å². The molecule has 0 spiro atoms. The Balaban J connectivity index is 1.22. The highest BCUT2D eigenvalue weighted by Gasteiger charge is 2.18. The van der Waals surface area contributed by atoms with Gasteiger partial charge in [0.2, 0.25) is 10.0 Å². The first-order valence-electron chi connectivity index (χ1n) is 14.0. The Morgan fingerprint density at radius 3 is 2.56 bits per heavy atom. The molecule has 7 aromatic rings. The number of H-pyrrole nitrogens is 2. The number of nitrogens with one attached hydrogen (secondary N) is 3. The predicted octanol–water partition coefficient (Wildman–Crippen LogP) is 6.00. The van der Waals surface area contributed by atoms with E-state index < -0.39 is 15.8 Å². The highest BCUT2D eigenvalue weighted by Crippen LogP contribution is 2.33. The summed E-state index contributed by atoms with van der Waals surface area (Å²) in [4.78, 5) is 17.4. The fraction of sp³-hybridized carbons (Fsp3) is 0.0909. The fourth-order valence-corrected chi connectivity index (χ4v) is 5.53. The van der Waals surface area contributed by atoms with Crippen LogP contribution in [0.4, 0.5) is 4.39 Å². The molecule has 0 atom stereocenters. The van der Waals surface area contributed by atoms with Crippen molar-refractivity contribution < 1.29 is 17.5 Å². The molecule has 0 aliphatic rings. The average Bonchev–Trinajstić information content (AvgIpc) is 3.67. The summed E-state index contributed by atoms with van der Waals surface area (Å²) in [6, 6.07) is 25.6. The van der Waals surface area contributed by atoms with Gasteiger partial charge in [0.05, 0.1) is 34.7 Å². The van der Waals surface area contributed by atoms with Gasteiger partial charge in [0.25, 0.3) is 0 Å². The van der Waals surface area contributed by atoms with Crippen LogP contribution in [0.1, 0.15) is 11.1 Å². The summed E-state index contributed by atoms with van der Waals surface area (Å²) in [6.45, 7) is 0.392. The predicted molar refractivity (Wildman–Crippen MR) is 170 cm³/mol. The van der Waals surface area contributed by atoms with Crippen molar-refractivity contribution in [3.05, 3.63) is 114 Å². The summed E-state index contributed by atoms with van der Waals surface area (Å²) in [5, 5.41) is 7.54. The molecule has 45 heavy (non-hydrogen) atoms. The van der Waals surface area contributed by atoms with Gasteiger partial charge in [-0.2, -0.15) is 5.10 Å². The van der Waals surface area contributed by atoms with E-state index in [1.54, 1.807) is 18.5 Å². The Labute approximate surface area is 257 Å². The lowest BCUT2D eigenvalue weighted by Gasteiger charge is -2.08. The monoisotopic (exact) mass is 619 g/mol. The van der Waals surface area contributed by atoms with Gasteiger partial charge in [-0.3, -0.25) is 10.1 Å². The highest BCUT2D eigenvalue weighted by molar-refractivity contribution is 7.88. The quantitative estimate of drug-likeness (QED) is 0.180. The lowest BCUT2D eigenvalue weighted by Crippen LogP contribution is -2.21. The van der Waals surface area contributed by atoms with E-state index in [1.165, 1.54) is 12.1 Å². The number of pyridine rings is 2. The van der Waals surface area contributed by atoms with Crippen molar-refractivity contribution in [3.63, 3.8) is 0 Å². The molecule has 0 saturated heterocycles. The standard InChI is InChI=1S/C33H26FN7O3S/c1-45(42,43)36-16-21-12-22(14-24(34)13-21)26-8-5-9-28-30(26)39-33(38-28)32-31-29(40-41-32)11-10-27(37-31)23-15-25(18-35-17-23)44-19-20-6-3-2-4-7-20/h2-15,17-18,36H,16,19H2,1H3,(H,38,39)(H,40,41). The molecule has 0 unspecified atom stereocenters. The summed E-state index contributed by atoms with van der Waals surface area (Å²) in [6.07, 6.45) is 4.46. The van der Waals surface area contributed by atoms with Crippen LogP contribution in [0.5, 0.6) is 5.75 Å². The number of aromatic amines is 2. The van der Waals surface area contributed by atoms with Gasteiger partial charge >= 0.3 is 0 Å². The van der Waals surface area contributed by atoms with Gasteiger partial charge in [-0.25, -0.2) is 27.5 Å². The molecule has 10 nitrogen and oxygen atoms in total. The molecule has 0 bridgehead atoms. The van der Waals surface area contributed by atoms with E-state index in [2.05, 4.69) is 24.9 Å². The summed E-state index contributed by atoms with van der Waals surface area (Å²) < 4.78 is 46.2. The minimum atomic E-state index is -3.44. The van der Waals surface area contributed by atoms with Gasteiger partial charge in [-0.15, -0.1) is 0 Å². The second-order valence-corrected chi connectivity index (χ2v) is 12.4. The van der Waals surface area contributed by atoms with Crippen molar-refractivity contribution in [1.29, 1.82) is 0 Å². The lowest BCUT2D eigenvalue weighted by molar-refractivity contribution is 0.305. The second-order valence-electron chi connectivity index (χ2n) is 10.6. The Kier molecular flexibility index (Phi) is 7.28. The zero-order valence-electron chi connectivity index (χ0n) is 24.0. The summed E-state index contributed by atoms with van der Waals surface area (Å²) in [7, 11) is -3.44. The summed E-state index contributed by atoms with van der Waals surface area (Å²) >= 11 is 0. The van der Waals surface area contributed by atoms with Crippen LogP contribution in [0.15, 0.2) is 97.3 Å².